The number of hydrogen-bond donors (Lipinski definition) is 1. The quantitative estimate of drug-likeness (QED) is 0.428. The van der Waals surface area contributed by atoms with Crippen molar-refractivity contribution in [2.75, 3.05) is 37.7 Å². The lowest BCUT2D eigenvalue weighted by Crippen LogP contribution is -2.53. The Morgan fingerprint density at radius 3 is 2.94 bits per heavy atom. The first-order valence-corrected chi connectivity index (χ1v) is 10.3. The summed E-state index contributed by atoms with van der Waals surface area (Å²) in [4.78, 5) is 23.4. The van der Waals surface area contributed by atoms with Gasteiger partial charge in [0.1, 0.15) is 25.1 Å². The molecule has 1 fully saturated rings. The average Bonchev–Trinajstić information content (AvgIpc) is 3.08. The van der Waals surface area contributed by atoms with Gasteiger partial charge >= 0.3 is 0 Å². The van der Waals surface area contributed by atoms with E-state index in [4.69, 9.17) is 14.5 Å². The number of fused-ring (bicyclic) bond motifs is 1. The first-order chi connectivity index (χ1) is 15.1. The zero-order valence-electron chi connectivity index (χ0n) is 17.8. The van der Waals surface area contributed by atoms with Crippen molar-refractivity contribution in [2.24, 2.45) is 7.05 Å². The molecule has 1 N–H and O–H groups in total. The highest BCUT2D eigenvalue weighted by Gasteiger charge is 2.28. The molecule has 1 aliphatic rings. The first kappa shape index (κ1) is 21.1. The van der Waals surface area contributed by atoms with E-state index in [2.05, 4.69) is 16.0 Å². The number of carbonyl (C=O) groups is 1. The van der Waals surface area contributed by atoms with Crippen molar-refractivity contribution in [1.29, 1.82) is 0 Å². The predicted octanol–water partition coefficient (Wildman–Crippen LogP) is 1.47. The summed E-state index contributed by atoms with van der Waals surface area (Å²) in [5.74, 6) is 0.575. The predicted molar refractivity (Wildman–Crippen MR) is 116 cm³/mol. The fourth-order valence-electron chi connectivity index (χ4n) is 3.89. The number of β-amino-alcohol motifs (C(OH)–C–C–N with tert-alkyl or cyclic N) is 1. The number of carbonyl (C=O) groups excluding carboxylic acids is 1. The number of piperazine rings is 1. The van der Waals surface area contributed by atoms with Gasteiger partial charge in [-0.3, -0.25) is 14.7 Å². The molecule has 9 nitrogen and oxygen atoms in total. The molecule has 164 valence electrons. The van der Waals surface area contributed by atoms with Crippen LogP contribution in [0.2, 0.25) is 0 Å². The van der Waals surface area contributed by atoms with Gasteiger partial charge in [-0.05, 0) is 25.1 Å². The van der Waals surface area contributed by atoms with Crippen molar-refractivity contribution >= 4 is 23.2 Å². The molecule has 0 saturated carbocycles. The van der Waals surface area contributed by atoms with Crippen molar-refractivity contribution < 1.29 is 19.4 Å². The van der Waals surface area contributed by atoms with Crippen LogP contribution >= 0.6 is 0 Å². The van der Waals surface area contributed by atoms with E-state index in [-0.39, 0.29) is 0 Å². The lowest BCUT2D eigenvalue weighted by atomic mass is 10.2. The molecule has 0 radical (unpaired) electrons. The average molecular weight is 425 g/mol. The minimum Gasteiger partial charge on any atom is -0.471 e. The van der Waals surface area contributed by atoms with E-state index >= 15 is 0 Å². The SMILES string of the molecule is Cc1cc2c(N3CCN(CCOC=O)CC3O)cn(C)c2nc1OCc1ccccn1. The van der Waals surface area contributed by atoms with Crippen LogP contribution in [0.3, 0.4) is 0 Å². The highest BCUT2D eigenvalue weighted by molar-refractivity contribution is 5.92. The highest BCUT2D eigenvalue weighted by atomic mass is 16.5. The largest absolute Gasteiger partial charge is 0.471 e. The number of rotatable bonds is 8. The number of aryl methyl sites for hydroxylation is 2. The van der Waals surface area contributed by atoms with Crippen LogP contribution in [0.25, 0.3) is 11.0 Å². The molecule has 0 amide bonds. The Morgan fingerprint density at radius 1 is 1.32 bits per heavy atom. The molecule has 4 heterocycles. The maximum atomic E-state index is 10.8. The monoisotopic (exact) mass is 425 g/mol. The Morgan fingerprint density at radius 2 is 2.19 bits per heavy atom. The third-order valence-electron chi connectivity index (χ3n) is 5.50. The van der Waals surface area contributed by atoms with Crippen molar-refractivity contribution in [2.45, 2.75) is 19.8 Å². The Balaban J connectivity index is 1.52. The molecule has 1 atom stereocenters. The van der Waals surface area contributed by atoms with Gasteiger partial charge in [-0.15, -0.1) is 0 Å². The molecule has 0 aliphatic carbocycles. The summed E-state index contributed by atoms with van der Waals surface area (Å²) in [6.07, 6.45) is 3.08. The molecular weight excluding hydrogens is 398 g/mol. The van der Waals surface area contributed by atoms with Crippen molar-refractivity contribution in [1.82, 2.24) is 19.4 Å². The van der Waals surface area contributed by atoms with Gasteiger partial charge in [0.25, 0.3) is 6.47 Å². The second kappa shape index (κ2) is 9.32. The summed E-state index contributed by atoms with van der Waals surface area (Å²) >= 11 is 0. The highest BCUT2D eigenvalue weighted by Crippen LogP contribution is 2.33. The normalized spacial score (nSPS) is 17.1. The molecule has 3 aromatic rings. The Labute approximate surface area is 180 Å². The van der Waals surface area contributed by atoms with E-state index in [9.17, 15) is 9.90 Å². The molecule has 0 aromatic carbocycles. The van der Waals surface area contributed by atoms with Crippen LogP contribution in [0.4, 0.5) is 5.69 Å². The number of aromatic nitrogens is 3. The van der Waals surface area contributed by atoms with Crippen molar-refractivity contribution in [3.63, 3.8) is 0 Å². The van der Waals surface area contributed by atoms with Gasteiger partial charge in [0.15, 0.2) is 0 Å². The van der Waals surface area contributed by atoms with E-state index in [0.717, 1.165) is 34.5 Å². The van der Waals surface area contributed by atoms with Gasteiger partial charge in [0.2, 0.25) is 5.88 Å². The van der Waals surface area contributed by atoms with Crippen LogP contribution < -0.4 is 9.64 Å². The Bertz CT molecular complexity index is 1040. The molecule has 9 heteroatoms. The topological polar surface area (TPSA) is 93.0 Å². The lowest BCUT2D eigenvalue weighted by molar-refractivity contribution is -0.129. The van der Waals surface area contributed by atoms with Crippen LogP contribution in [-0.2, 0) is 23.2 Å². The molecule has 1 aliphatic heterocycles. The van der Waals surface area contributed by atoms with Gasteiger partial charge in [0, 0.05) is 56.6 Å². The zero-order valence-corrected chi connectivity index (χ0v) is 17.8. The van der Waals surface area contributed by atoms with Gasteiger partial charge < -0.3 is 24.0 Å². The summed E-state index contributed by atoms with van der Waals surface area (Å²) in [5, 5.41) is 11.7. The standard InChI is InChI=1S/C22H27N5O4/c1-16-11-18-19(27-8-7-26(13-20(27)29)9-10-30-15-28)12-25(2)21(18)24-22(16)31-14-17-5-3-4-6-23-17/h3-6,11-12,15,20,29H,7-10,13-14H2,1-2H3. The number of hydrogen-bond acceptors (Lipinski definition) is 8. The molecule has 1 unspecified atom stereocenters. The summed E-state index contributed by atoms with van der Waals surface area (Å²) in [5.41, 5.74) is 3.51. The van der Waals surface area contributed by atoms with E-state index in [1.165, 1.54) is 0 Å². The molecule has 31 heavy (non-hydrogen) atoms. The molecule has 3 aromatic heterocycles. The van der Waals surface area contributed by atoms with Gasteiger partial charge in [-0.25, -0.2) is 0 Å². The maximum absolute atomic E-state index is 10.8. The van der Waals surface area contributed by atoms with Crippen LogP contribution in [-0.4, -0.2) is 70.0 Å². The first-order valence-electron chi connectivity index (χ1n) is 10.3. The second-order valence-corrected chi connectivity index (χ2v) is 7.66. The fourth-order valence-corrected chi connectivity index (χ4v) is 3.89. The Kier molecular flexibility index (Phi) is 6.34. The number of pyridine rings is 2. The van der Waals surface area contributed by atoms with Gasteiger partial charge in [-0.2, -0.15) is 4.98 Å². The molecule has 0 spiro atoms. The number of anilines is 1. The molecular formula is C22H27N5O4. The third kappa shape index (κ3) is 4.62. The fraction of sp³-hybridized carbons (Fsp3) is 0.409. The van der Waals surface area contributed by atoms with Crippen LogP contribution in [0.15, 0.2) is 36.7 Å². The third-order valence-corrected chi connectivity index (χ3v) is 5.50. The summed E-state index contributed by atoms with van der Waals surface area (Å²) in [7, 11) is 1.94. The van der Waals surface area contributed by atoms with E-state index in [1.54, 1.807) is 6.20 Å². The van der Waals surface area contributed by atoms with Gasteiger partial charge in [0.05, 0.1) is 11.4 Å². The summed E-state index contributed by atoms with van der Waals surface area (Å²) in [6.45, 7) is 5.63. The molecule has 1 saturated heterocycles. The lowest BCUT2D eigenvalue weighted by Gasteiger charge is -2.39. The molecule has 0 bridgehead atoms. The Hall–Kier alpha value is -3.17. The minimum absolute atomic E-state index is 0.328. The van der Waals surface area contributed by atoms with Crippen LogP contribution in [0.1, 0.15) is 11.3 Å². The van der Waals surface area contributed by atoms with Crippen molar-refractivity contribution in [3.8, 4) is 5.88 Å². The van der Waals surface area contributed by atoms with Crippen LogP contribution in [0.5, 0.6) is 5.88 Å². The van der Waals surface area contributed by atoms with Crippen LogP contribution in [0, 0.1) is 6.92 Å². The minimum atomic E-state index is -0.657. The van der Waals surface area contributed by atoms with Gasteiger partial charge in [-0.1, -0.05) is 6.07 Å². The zero-order chi connectivity index (χ0) is 21.8. The van der Waals surface area contributed by atoms with E-state index < -0.39 is 6.23 Å². The molecule has 4 rings (SSSR count). The maximum Gasteiger partial charge on any atom is 0.293 e. The van der Waals surface area contributed by atoms with E-state index in [0.29, 0.717) is 45.2 Å². The smallest absolute Gasteiger partial charge is 0.293 e. The number of nitrogens with zero attached hydrogens (tertiary/aromatic N) is 5. The second-order valence-electron chi connectivity index (χ2n) is 7.66. The number of aliphatic hydroxyl groups excluding tert-OH is 1. The van der Waals surface area contributed by atoms with E-state index in [1.807, 2.05) is 47.8 Å². The summed E-state index contributed by atoms with van der Waals surface area (Å²) in [6, 6.07) is 7.78. The number of ether oxygens (including phenoxy) is 2. The number of aliphatic hydroxyl groups is 1. The van der Waals surface area contributed by atoms with Crippen molar-refractivity contribution in [3.05, 3.63) is 47.9 Å². The summed E-state index contributed by atoms with van der Waals surface area (Å²) < 4.78 is 12.7.